The highest BCUT2D eigenvalue weighted by Gasteiger charge is 2.28. The van der Waals surface area contributed by atoms with E-state index in [0.29, 0.717) is 18.9 Å². The van der Waals surface area contributed by atoms with Crippen LogP contribution in [0.4, 0.5) is 4.79 Å². The van der Waals surface area contributed by atoms with E-state index in [0.717, 1.165) is 25.9 Å². The van der Waals surface area contributed by atoms with Crippen molar-refractivity contribution in [1.82, 2.24) is 10.2 Å². The number of carbonyl (C=O) groups is 2. The minimum atomic E-state index is -0.504. The Labute approximate surface area is 109 Å². The number of rotatable bonds is 5. The van der Waals surface area contributed by atoms with Gasteiger partial charge in [-0.3, -0.25) is 4.79 Å². The summed E-state index contributed by atoms with van der Waals surface area (Å²) < 4.78 is 4.85. The SMILES string of the molecule is CCOC(=O)N[C@H](CC(C)C)C(=O)N1CCCC1. The zero-order valence-electron chi connectivity index (χ0n) is 11.6. The third-order valence-electron chi connectivity index (χ3n) is 2.99. The quantitative estimate of drug-likeness (QED) is 0.815. The molecule has 1 aliphatic rings. The highest BCUT2D eigenvalue weighted by atomic mass is 16.5. The van der Waals surface area contributed by atoms with Gasteiger partial charge in [0.1, 0.15) is 6.04 Å². The molecule has 5 nitrogen and oxygen atoms in total. The average Bonchev–Trinajstić information content (AvgIpc) is 2.80. The maximum atomic E-state index is 12.3. The zero-order chi connectivity index (χ0) is 13.5. The minimum Gasteiger partial charge on any atom is -0.450 e. The Balaban J connectivity index is 2.58. The summed E-state index contributed by atoms with van der Waals surface area (Å²) in [5.74, 6) is 0.373. The lowest BCUT2D eigenvalue weighted by Gasteiger charge is -2.24. The number of carbonyl (C=O) groups excluding carboxylic acids is 2. The standard InChI is InChI=1S/C13H24N2O3/c1-4-18-13(17)14-11(9-10(2)3)12(16)15-7-5-6-8-15/h10-11H,4-9H2,1-3H3,(H,14,17)/t11-/m1/s1. The van der Waals surface area contributed by atoms with E-state index in [1.165, 1.54) is 0 Å². The predicted octanol–water partition coefficient (Wildman–Crippen LogP) is 1.77. The molecule has 0 bridgehead atoms. The number of amides is 2. The first-order valence-electron chi connectivity index (χ1n) is 6.76. The second-order valence-electron chi connectivity index (χ2n) is 5.08. The Morgan fingerprint density at radius 1 is 1.28 bits per heavy atom. The summed E-state index contributed by atoms with van der Waals surface area (Å²) in [5, 5.41) is 2.67. The van der Waals surface area contributed by atoms with Crippen LogP contribution in [0.1, 0.15) is 40.0 Å². The first-order chi connectivity index (χ1) is 8.54. The van der Waals surface area contributed by atoms with Crippen LogP contribution >= 0.6 is 0 Å². The molecule has 1 aliphatic heterocycles. The largest absolute Gasteiger partial charge is 0.450 e. The van der Waals surface area contributed by atoms with E-state index in [1.54, 1.807) is 6.92 Å². The highest BCUT2D eigenvalue weighted by Crippen LogP contribution is 2.13. The molecule has 2 amide bonds. The molecule has 0 aliphatic carbocycles. The lowest BCUT2D eigenvalue weighted by atomic mass is 10.0. The molecule has 0 radical (unpaired) electrons. The fourth-order valence-electron chi connectivity index (χ4n) is 2.17. The molecule has 0 aromatic rings. The molecule has 1 rings (SSSR count). The van der Waals surface area contributed by atoms with E-state index >= 15 is 0 Å². The second-order valence-corrected chi connectivity index (χ2v) is 5.08. The minimum absolute atomic E-state index is 0.0225. The summed E-state index contributed by atoms with van der Waals surface area (Å²) in [5.41, 5.74) is 0. The molecule has 0 aromatic carbocycles. The molecule has 1 atom stereocenters. The lowest BCUT2D eigenvalue weighted by molar-refractivity contribution is -0.132. The van der Waals surface area contributed by atoms with Gasteiger partial charge in [0.15, 0.2) is 0 Å². The first kappa shape index (κ1) is 14.8. The van der Waals surface area contributed by atoms with Crippen molar-refractivity contribution in [2.75, 3.05) is 19.7 Å². The number of hydrogen-bond acceptors (Lipinski definition) is 3. The summed E-state index contributed by atoms with van der Waals surface area (Å²) in [6.45, 7) is 7.75. The van der Waals surface area contributed by atoms with Crippen molar-refractivity contribution in [3.63, 3.8) is 0 Å². The van der Waals surface area contributed by atoms with Crippen LogP contribution in [-0.4, -0.2) is 42.6 Å². The van der Waals surface area contributed by atoms with Crippen LogP contribution in [0.25, 0.3) is 0 Å². The Morgan fingerprint density at radius 2 is 1.89 bits per heavy atom. The van der Waals surface area contributed by atoms with E-state index in [1.807, 2.05) is 18.7 Å². The summed E-state index contributed by atoms with van der Waals surface area (Å²) >= 11 is 0. The molecule has 1 saturated heterocycles. The van der Waals surface area contributed by atoms with Crippen LogP contribution in [-0.2, 0) is 9.53 Å². The van der Waals surface area contributed by atoms with Crippen LogP contribution in [0, 0.1) is 5.92 Å². The average molecular weight is 256 g/mol. The number of likely N-dealkylation sites (tertiary alicyclic amines) is 1. The highest BCUT2D eigenvalue weighted by molar-refractivity contribution is 5.85. The van der Waals surface area contributed by atoms with Gasteiger partial charge in [0.2, 0.25) is 5.91 Å². The Kier molecular flexibility index (Phi) is 5.95. The maximum Gasteiger partial charge on any atom is 0.407 e. The van der Waals surface area contributed by atoms with Crippen molar-refractivity contribution in [2.24, 2.45) is 5.92 Å². The van der Waals surface area contributed by atoms with Crippen molar-refractivity contribution in [2.45, 2.75) is 46.1 Å². The van der Waals surface area contributed by atoms with Crippen molar-refractivity contribution < 1.29 is 14.3 Å². The van der Waals surface area contributed by atoms with Crippen molar-refractivity contribution in [3.8, 4) is 0 Å². The predicted molar refractivity (Wildman–Crippen MR) is 69.2 cm³/mol. The number of hydrogen-bond donors (Lipinski definition) is 1. The van der Waals surface area contributed by atoms with Gasteiger partial charge in [-0.2, -0.15) is 0 Å². The molecule has 1 heterocycles. The first-order valence-corrected chi connectivity index (χ1v) is 6.76. The molecule has 1 fully saturated rings. The van der Waals surface area contributed by atoms with Gasteiger partial charge in [-0.05, 0) is 32.1 Å². The van der Waals surface area contributed by atoms with Crippen LogP contribution in [0.5, 0.6) is 0 Å². The molecule has 5 heteroatoms. The fourth-order valence-corrected chi connectivity index (χ4v) is 2.17. The normalized spacial score (nSPS) is 16.8. The van der Waals surface area contributed by atoms with Gasteiger partial charge in [0.05, 0.1) is 6.61 Å². The van der Waals surface area contributed by atoms with Crippen molar-refractivity contribution >= 4 is 12.0 Å². The fraction of sp³-hybridized carbons (Fsp3) is 0.846. The van der Waals surface area contributed by atoms with Crippen molar-refractivity contribution in [3.05, 3.63) is 0 Å². The Morgan fingerprint density at radius 3 is 2.39 bits per heavy atom. The number of nitrogens with one attached hydrogen (secondary N) is 1. The number of nitrogens with zero attached hydrogens (tertiary/aromatic N) is 1. The van der Waals surface area contributed by atoms with Crippen LogP contribution < -0.4 is 5.32 Å². The molecule has 1 N–H and O–H groups in total. The Bertz CT molecular complexity index is 286. The Hall–Kier alpha value is -1.26. The lowest BCUT2D eigenvalue weighted by Crippen LogP contribution is -2.48. The molecule has 0 aromatic heterocycles. The summed E-state index contributed by atoms with van der Waals surface area (Å²) in [6.07, 6.45) is 2.25. The zero-order valence-corrected chi connectivity index (χ0v) is 11.6. The van der Waals surface area contributed by atoms with Gasteiger partial charge in [-0.1, -0.05) is 13.8 Å². The summed E-state index contributed by atoms with van der Waals surface area (Å²) in [4.78, 5) is 25.6. The van der Waals surface area contributed by atoms with Gasteiger partial charge >= 0.3 is 6.09 Å². The second kappa shape index (κ2) is 7.24. The van der Waals surface area contributed by atoms with E-state index in [4.69, 9.17) is 4.74 Å². The topological polar surface area (TPSA) is 58.6 Å². The number of ether oxygens (including phenoxy) is 1. The molecule has 0 spiro atoms. The molecular weight excluding hydrogens is 232 g/mol. The monoisotopic (exact) mass is 256 g/mol. The molecular formula is C13H24N2O3. The van der Waals surface area contributed by atoms with Gasteiger partial charge in [-0.25, -0.2) is 4.79 Å². The third-order valence-corrected chi connectivity index (χ3v) is 2.99. The van der Waals surface area contributed by atoms with Crippen molar-refractivity contribution in [1.29, 1.82) is 0 Å². The third kappa shape index (κ3) is 4.55. The van der Waals surface area contributed by atoms with Crippen LogP contribution in [0.3, 0.4) is 0 Å². The van der Waals surface area contributed by atoms with Gasteiger partial charge < -0.3 is 15.0 Å². The summed E-state index contributed by atoms with van der Waals surface area (Å²) in [7, 11) is 0. The van der Waals surface area contributed by atoms with E-state index in [9.17, 15) is 9.59 Å². The molecule has 0 unspecified atom stereocenters. The summed E-state index contributed by atoms with van der Waals surface area (Å²) in [6, 6.07) is -0.456. The maximum absolute atomic E-state index is 12.3. The van der Waals surface area contributed by atoms with Gasteiger partial charge in [-0.15, -0.1) is 0 Å². The molecule has 18 heavy (non-hydrogen) atoms. The van der Waals surface area contributed by atoms with Crippen LogP contribution in [0.15, 0.2) is 0 Å². The molecule has 0 saturated carbocycles. The molecule has 104 valence electrons. The van der Waals surface area contributed by atoms with E-state index < -0.39 is 12.1 Å². The smallest absolute Gasteiger partial charge is 0.407 e. The van der Waals surface area contributed by atoms with E-state index in [-0.39, 0.29) is 5.91 Å². The van der Waals surface area contributed by atoms with E-state index in [2.05, 4.69) is 5.32 Å². The van der Waals surface area contributed by atoms with Gasteiger partial charge in [0, 0.05) is 13.1 Å². The number of alkyl carbamates (subject to hydrolysis) is 1. The van der Waals surface area contributed by atoms with Gasteiger partial charge in [0.25, 0.3) is 0 Å². The van der Waals surface area contributed by atoms with Crippen LogP contribution in [0.2, 0.25) is 0 Å².